The van der Waals surface area contributed by atoms with Crippen LogP contribution in [0.25, 0.3) is 0 Å². The number of rotatable bonds is 8. The topological polar surface area (TPSA) is 47.6 Å². The monoisotopic (exact) mass is 331 g/mol. The predicted molar refractivity (Wildman–Crippen MR) is 94.0 cm³/mol. The highest BCUT2D eigenvalue weighted by atomic mass is 32.2. The van der Waals surface area contributed by atoms with Crippen LogP contribution >= 0.6 is 11.8 Å². The molecule has 0 radical (unpaired) electrons. The predicted octanol–water partition coefficient (Wildman–Crippen LogP) is 3.25. The Kier molecular flexibility index (Phi) is 6.81. The Bertz CT molecular complexity index is 611. The van der Waals surface area contributed by atoms with Gasteiger partial charge in [0.2, 0.25) is 5.91 Å². The zero-order chi connectivity index (χ0) is 16.5. The molecule has 122 valence electrons. The lowest BCUT2D eigenvalue weighted by Crippen LogP contribution is -2.24. The number of hydrogen-bond acceptors (Lipinski definition) is 4. The lowest BCUT2D eigenvalue weighted by molar-refractivity contribution is -0.118. The third-order valence-electron chi connectivity index (χ3n) is 3.31. The van der Waals surface area contributed by atoms with E-state index in [1.807, 2.05) is 48.5 Å². The average Bonchev–Trinajstić information content (AvgIpc) is 2.61. The molecule has 0 aliphatic carbocycles. The molecule has 0 aliphatic heterocycles. The third kappa shape index (κ3) is 5.87. The summed E-state index contributed by atoms with van der Waals surface area (Å²) in [5, 5.41) is 2.92. The lowest BCUT2D eigenvalue weighted by Gasteiger charge is -2.07. The maximum atomic E-state index is 11.9. The fourth-order valence-electron chi connectivity index (χ4n) is 1.98. The summed E-state index contributed by atoms with van der Waals surface area (Å²) < 4.78 is 10.2. The van der Waals surface area contributed by atoms with Crippen molar-refractivity contribution in [1.29, 1.82) is 0 Å². The molecular formula is C18H21NO3S. The summed E-state index contributed by atoms with van der Waals surface area (Å²) in [7, 11) is 3.29. The number of methoxy groups -OCH3 is 2. The van der Waals surface area contributed by atoms with Gasteiger partial charge < -0.3 is 14.8 Å². The van der Waals surface area contributed by atoms with Crippen LogP contribution in [0.3, 0.4) is 0 Å². The van der Waals surface area contributed by atoms with Crippen LogP contribution in [0.4, 0.5) is 0 Å². The van der Waals surface area contributed by atoms with Crippen molar-refractivity contribution in [3.8, 4) is 11.5 Å². The van der Waals surface area contributed by atoms with Gasteiger partial charge in [-0.15, -0.1) is 11.8 Å². The Balaban J connectivity index is 1.67. The van der Waals surface area contributed by atoms with Crippen LogP contribution in [0.2, 0.25) is 0 Å². The van der Waals surface area contributed by atoms with Gasteiger partial charge in [0.05, 0.1) is 20.0 Å². The normalized spacial score (nSPS) is 10.2. The van der Waals surface area contributed by atoms with Gasteiger partial charge in [-0.05, 0) is 35.4 Å². The van der Waals surface area contributed by atoms with Gasteiger partial charge >= 0.3 is 0 Å². The fourth-order valence-corrected chi connectivity index (χ4v) is 2.80. The molecule has 23 heavy (non-hydrogen) atoms. The van der Waals surface area contributed by atoms with Crippen LogP contribution < -0.4 is 14.8 Å². The Morgan fingerprint density at radius 2 is 1.43 bits per heavy atom. The first kappa shape index (κ1) is 17.2. The molecule has 0 saturated carbocycles. The van der Waals surface area contributed by atoms with E-state index in [-0.39, 0.29) is 5.91 Å². The van der Waals surface area contributed by atoms with E-state index in [4.69, 9.17) is 9.47 Å². The molecule has 0 spiro atoms. The highest BCUT2D eigenvalue weighted by molar-refractivity contribution is 7.99. The summed E-state index contributed by atoms with van der Waals surface area (Å²) in [6, 6.07) is 15.6. The van der Waals surface area contributed by atoms with E-state index < -0.39 is 0 Å². The first-order chi connectivity index (χ1) is 11.2. The molecule has 4 nitrogen and oxygen atoms in total. The zero-order valence-corrected chi connectivity index (χ0v) is 14.2. The number of carbonyl (C=O) groups excluding carboxylic acids is 1. The van der Waals surface area contributed by atoms with E-state index in [2.05, 4.69) is 5.32 Å². The molecule has 0 atom stereocenters. The van der Waals surface area contributed by atoms with E-state index in [0.29, 0.717) is 12.3 Å². The van der Waals surface area contributed by atoms with Gasteiger partial charge in [0.1, 0.15) is 11.5 Å². The van der Waals surface area contributed by atoms with Crippen molar-refractivity contribution in [3.05, 3.63) is 59.7 Å². The molecule has 0 bridgehead atoms. The number of ether oxygens (including phenoxy) is 2. The molecule has 0 unspecified atom stereocenters. The SMILES string of the molecule is COc1ccc(CNC(=O)CSCc2ccc(OC)cc2)cc1. The van der Waals surface area contributed by atoms with Crippen molar-refractivity contribution in [2.75, 3.05) is 20.0 Å². The number of hydrogen-bond donors (Lipinski definition) is 1. The van der Waals surface area contributed by atoms with Crippen molar-refractivity contribution >= 4 is 17.7 Å². The maximum absolute atomic E-state index is 11.9. The molecule has 0 aromatic heterocycles. The van der Waals surface area contributed by atoms with Gasteiger partial charge in [-0.2, -0.15) is 0 Å². The van der Waals surface area contributed by atoms with E-state index in [1.54, 1.807) is 26.0 Å². The van der Waals surface area contributed by atoms with Gasteiger partial charge in [-0.3, -0.25) is 4.79 Å². The van der Waals surface area contributed by atoms with Crippen LogP contribution in [0.5, 0.6) is 11.5 Å². The molecule has 0 saturated heterocycles. The standard InChI is InChI=1S/C18H21NO3S/c1-21-16-7-3-14(4-8-16)11-19-18(20)13-23-12-15-5-9-17(22-2)10-6-15/h3-10H,11-13H2,1-2H3,(H,19,20). The number of carbonyl (C=O) groups is 1. The number of amides is 1. The number of thioether (sulfide) groups is 1. The summed E-state index contributed by atoms with van der Waals surface area (Å²) >= 11 is 1.60. The minimum atomic E-state index is 0.0410. The first-order valence-electron chi connectivity index (χ1n) is 7.31. The average molecular weight is 331 g/mol. The number of benzene rings is 2. The highest BCUT2D eigenvalue weighted by Crippen LogP contribution is 2.16. The summed E-state index contributed by atoms with van der Waals surface area (Å²) in [5.74, 6) is 2.95. The number of nitrogens with one attached hydrogen (secondary N) is 1. The summed E-state index contributed by atoms with van der Waals surface area (Å²) in [6.45, 7) is 0.534. The molecule has 2 aromatic carbocycles. The lowest BCUT2D eigenvalue weighted by atomic mass is 10.2. The van der Waals surface area contributed by atoms with Crippen molar-refractivity contribution in [1.82, 2.24) is 5.32 Å². The fraction of sp³-hybridized carbons (Fsp3) is 0.278. The van der Waals surface area contributed by atoms with E-state index in [0.717, 1.165) is 22.8 Å². The van der Waals surface area contributed by atoms with Gasteiger partial charge in [-0.1, -0.05) is 24.3 Å². The van der Waals surface area contributed by atoms with Crippen LogP contribution in [0.1, 0.15) is 11.1 Å². The summed E-state index contributed by atoms with van der Waals surface area (Å²) in [5.41, 5.74) is 2.23. The molecule has 0 aliphatic rings. The van der Waals surface area contributed by atoms with E-state index in [9.17, 15) is 4.79 Å². The van der Waals surface area contributed by atoms with Crippen LogP contribution in [-0.4, -0.2) is 25.9 Å². The van der Waals surface area contributed by atoms with Gasteiger partial charge in [0, 0.05) is 12.3 Å². The third-order valence-corrected chi connectivity index (χ3v) is 4.31. The van der Waals surface area contributed by atoms with Crippen molar-refractivity contribution < 1.29 is 14.3 Å². The molecule has 1 N–H and O–H groups in total. The van der Waals surface area contributed by atoms with Crippen LogP contribution in [0, 0.1) is 0 Å². The summed E-state index contributed by atoms with van der Waals surface area (Å²) in [4.78, 5) is 11.9. The molecule has 5 heteroatoms. The Morgan fingerprint density at radius 1 is 0.913 bits per heavy atom. The quantitative estimate of drug-likeness (QED) is 0.806. The second-order valence-corrected chi connectivity index (χ2v) is 5.95. The van der Waals surface area contributed by atoms with Crippen molar-refractivity contribution in [2.24, 2.45) is 0 Å². The minimum Gasteiger partial charge on any atom is -0.497 e. The molecule has 0 heterocycles. The van der Waals surface area contributed by atoms with E-state index in [1.165, 1.54) is 5.56 Å². The van der Waals surface area contributed by atoms with Crippen LogP contribution in [0.15, 0.2) is 48.5 Å². The Morgan fingerprint density at radius 3 is 1.96 bits per heavy atom. The smallest absolute Gasteiger partial charge is 0.230 e. The second kappa shape index (κ2) is 9.10. The summed E-state index contributed by atoms with van der Waals surface area (Å²) in [6.07, 6.45) is 0. The maximum Gasteiger partial charge on any atom is 0.230 e. The Labute approximate surface area is 141 Å². The highest BCUT2D eigenvalue weighted by Gasteiger charge is 2.03. The molecular weight excluding hydrogens is 310 g/mol. The minimum absolute atomic E-state index is 0.0410. The van der Waals surface area contributed by atoms with Crippen molar-refractivity contribution in [3.63, 3.8) is 0 Å². The van der Waals surface area contributed by atoms with E-state index >= 15 is 0 Å². The first-order valence-corrected chi connectivity index (χ1v) is 8.47. The largest absolute Gasteiger partial charge is 0.497 e. The van der Waals surface area contributed by atoms with Gasteiger partial charge in [-0.25, -0.2) is 0 Å². The van der Waals surface area contributed by atoms with Gasteiger partial charge in [0.25, 0.3) is 0 Å². The molecule has 2 rings (SSSR count). The van der Waals surface area contributed by atoms with Crippen LogP contribution in [-0.2, 0) is 17.1 Å². The molecule has 0 fully saturated rings. The van der Waals surface area contributed by atoms with Crippen molar-refractivity contribution in [2.45, 2.75) is 12.3 Å². The molecule has 2 aromatic rings. The van der Waals surface area contributed by atoms with Gasteiger partial charge in [0.15, 0.2) is 0 Å². The zero-order valence-electron chi connectivity index (χ0n) is 13.4. The Hall–Kier alpha value is -2.14. The second-order valence-electron chi connectivity index (χ2n) is 4.97. The molecule has 1 amide bonds.